The predicted octanol–water partition coefficient (Wildman–Crippen LogP) is 2.15. The SMILES string of the molecule is CCC(CCO)Nc1ccc(N)cc1C. The Morgan fingerprint density at radius 3 is 2.73 bits per heavy atom. The average molecular weight is 208 g/mol. The Labute approximate surface area is 91.3 Å². The second-order valence-corrected chi connectivity index (χ2v) is 3.84. The third-order valence-electron chi connectivity index (χ3n) is 2.58. The molecule has 0 bridgehead atoms. The molecule has 0 aromatic heterocycles. The van der Waals surface area contributed by atoms with Crippen LogP contribution in [0, 0.1) is 6.92 Å². The number of benzene rings is 1. The van der Waals surface area contributed by atoms with Gasteiger partial charge in [0.25, 0.3) is 0 Å². The lowest BCUT2D eigenvalue weighted by molar-refractivity contribution is 0.278. The van der Waals surface area contributed by atoms with Crippen LogP contribution in [0.3, 0.4) is 0 Å². The number of aliphatic hydroxyl groups excluding tert-OH is 1. The number of hydrogen-bond acceptors (Lipinski definition) is 3. The topological polar surface area (TPSA) is 58.3 Å². The number of aliphatic hydroxyl groups is 1. The van der Waals surface area contributed by atoms with Crippen LogP contribution in [0.25, 0.3) is 0 Å². The van der Waals surface area contributed by atoms with Crippen molar-refractivity contribution in [3.63, 3.8) is 0 Å². The van der Waals surface area contributed by atoms with E-state index in [0.29, 0.717) is 6.04 Å². The molecule has 15 heavy (non-hydrogen) atoms. The number of aryl methyl sites for hydroxylation is 1. The van der Waals surface area contributed by atoms with Crippen molar-refractivity contribution in [2.75, 3.05) is 17.7 Å². The van der Waals surface area contributed by atoms with Crippen LogP contribution >= 0.6 is 0 Å². The van der Waals surface area contributed by atoms with E-state index in [1.54, 1.807) is 0 Å². The lowest BCUT2D eigenvalue weighted by atomic mass is 10.1. The van der Waals surface area contributed by atoms with E-state index in [9.17, 15) is 0 Å². The Bertz CT molecular complexity index is 312. The van der Waals surface area contributed by atoms with Crippen molar-refractivity contribution in [1.82, 2.24) is 0 Å². The molecule has 0 aliphatic rings. The molecule has 0 aliphatic heterocycles. The van der Waals surface area contributed by atoms with E-state index in [0.717, 1.165) is 29.8 Å². The molecule has 0 saturated heterocycles. The zero-order valence-electron chi connectivity index (χ0n) is 9.46. The number of nitrogens with one attached hydrogen (secondary N) is 1. The van der Waals surface area contributed by atoms with Gasteiger partial charge in [-0.05, 0) is 43.5 Å². The molecule has 1 atom stereocenters. The monoisotopic (exact) mass is 208 g/mol. The summed E-state index contributed by atoms with van der Waals surface area (Å²) >= 11 is 0. The quantitative estimate of drug-likeness (QED) is 0.650. The lowest BCUT2D eigenvalue weighted by Crippen LogP contribution is -2.20. The minimum Gasteiger partial charge on any atom is -0.399 e. The van der Waals surface area contributed by atoms with Gasteiger partial charge in [-0.25, -0.2) is 0 Å². The smallest absolute Gasteiger partial charge is 0.0450 e. The number of anilines is 2. The van der Waals surface area contributed by atoms with Crippen molar-refractivity contribution in [3.8, 4) is 0 Å². The summed E-state index contributed by atoms with van der Waals surface area (Å²) in [5.41, 5.74) is 8.71. The first-order valence-electron chi connectivity index (χ1n) is 5.41. The van der Waals surface area contributed by atoms with Crippen molar-refractivity contribution in [2.24, 2.45) is 0 Å². The van der Waals surface area contributed by atoms with E-state index in [2.05, 4.69) is 12.2 Å². The summed E-state index contributed by atoms with van der Waals surface area (Å²) in [5, 5.41) is 12.3. The molecule has 3 heteroatoms. The predicted molar refractivity (Wildman–Crippen MR) is 65.0 cm³/mol. The van der Waals surface area contributed by atoms with Crippen molar-refractivity contribution in [2.45, 2.75) is 32.7 Å². The standard InChI is InChI=1S/C12H20N2O/c1-3-11(6-7-15)14-12-5-4-10(13)8-9(12)2/h4-5,8,11,14-15H,3,6-7,13H2,1-2H3. The summed E-state index contributed by atoms with van der Waals surface area (Å²) < 4.78 is 0. The summed E-state index contributed by atoms with van der Waals surface area (Å²) in [6.07, 6.45) is 1.78. The van der Waals surface area contributed by atoms with Crippen LogP contribution in [0.5, 0.6) is 0 Å². The van der Waals surface area contributed by atoms with Crippen molar-refractivity contribution < 1.29 is 5.11 Å². The van der Waals surface area contributed by atoms with Gasteiger partial charge in [-0.3, -0.25) is 0 Å². The van der Waals surface area contributed by atoms with Crippen molar-refractivity contribution in [3.05, 3.63) is 23.8 Å². The summed E-state index contributed by atoms with van der Waals surface area (Å²) in [7, 11) is 0. The number of rotatable bonds is 5. The minimum absolute atomic E-state index is 0.222. The Morgan fingerprint density at radius 2 is 2.20 bits per heavy atom. The van der Waals surface area contributed by atoms with Gasteiger partial charge < -0.3 is 16.2 Å². The van der Waals surface area contributed by atoms with Crippen molar-refractivity contribution >= 4 is 11.4 Å². The fourth-order valence-corrected chi connectivity index (χ4v) is 1.60. The average Bonchev–Trinajstić information content (AvgIpc) is 2.21. The maximum atomic E-state index is 8.90. The zero-order valence-corrected chi connectivity index (χ0v) is 9.46. The molecule has 1 aromatic rings. The summed E-state index contributed by atoms with van der Waals surface area (Å²) in [6.45, 7) is 4.36. The van der Waals surface area contributed by atoms with Crippen LogP contribution in [0.4, 0.5) is 11.4 Å². The Morgan fingerprint density at radius 1 is 1.47 bits per heavy atom. The zero-order chi connectivity index (χ0) is 11.3. The molecule has 3 nitrogen and oxygen atoms in total. The van der Waals surface area contributed by atoms with Crippen molar-refractivity contribution in [1.29, 1.82) is 0 Å². The van der Waals surface area contributed by atoms with E-state index in [1.165, 1.54) is 0 Å². The lowest BCUT2D eigenvalue weighted by Gasteiger charge is -2.18. The third-order valence-corrected chi connectivity index (χ3v) is 2.58. The fourth-order valence-electron chi connectivity index (χ4n) is 1.60. The maximum Gasteiger partial charge on any atom is 0.0450 e. The van der Waals surface area contributed by atoms with E-state index in [4.69, 9.17) is 10.8 Å². The number of nitrogen functional groups attached to an aromatic ring is 1. The Kier molecular flexibility index (Phi) is 4.43. The molecule has 0 heterocycles. The van der Waals surface area contributed by atoms with Gasteiger partial charge >= 0.3 is 0 Å². The molecule has 4 N–H and O–H groups in total. The molecular weight excluding hydrogens is 188 g/mol. The molecule has 1 aromatic carbocycles. The van der Waals surface area contributed by atoms with Gasteiger partial charge in [-0.15, -0.1) is 0 Å². The van der Waals surface area contributed by atoms with Crippen LogP contribution in [0.2, 0.25) is 0 Å². The molecule has 84 valence electrons. The highest BCUT2D eigenvalue weighted by Crippen LogP contribution is 2.19. The van der Waals surface area contributed by atoms with Crippen LogP contribution in [-0.2, 0) is 0 Å². The molecule has 0 aliphatic carbocycles. The third kappa shape index (κ3) is 3.44. The van der Waals surface area contributed by atoms with Crippen LogP contribution in [0.1, 0.15) is 25.3 Å². The van der Waals surface area contributed by atoms with E-state index >= 15 is 0 Å². The molecule has 0 amide bonds. The number of nitrogens with two attached hydrogens (primary N) is 1. The highest BCUT2D eigenvalue weighted by molar-refractivity contribution is 5.57. The van der Waals surface area contributed by atoms with E-state index in [-0.39, 0.29) is 6.61 Å². The van der Waals surface area contributed by atoms with Crippen LogP contribution < -0.4 is 11.1 Å². The van der Waals surface area contributed by atoms with Gasteiger partial charge in [0.2, 0.25) is 0 Å². The molecular formula is C12H20N2O. The normalized spacial score (nSPS) is 12.5. The van der Waals surface area contributed by atoms with E-state index in [1.807, 2.05) is 25.1 Å². The van der Waals surface area contributed by atoms with Gasteiger partial charge in [-0.1, -0.05) is 6.92 Å². The largest absolute Gasteiger partial charge is 0.399 e. The van der Waals surface area contributed by atoms with Gasteiger partial charge in [-0.2, -0.15) is 0 Å². The molecule has 0 saturated carbocycles. The first-order chi connectivity index (χ1) is 7.17. The molecule has 0 radical (unpaired) electrons. The second-order valence-electron chi connectivity index (χ2n) is 3.84. The first kappa shape index (κ1) is 11.9. The highest BCUT2D eigenvalue weighted by Gasteiger charge is 2.06. The molecule has 0 fully saturated rings. The summed E-state index contributed by atoms with van der Waals surface area (Å²) in [5.74, 6) is 0. The van der Waals surface area contributed by atoms with Gasteiger partial charge in [0.15, 0.2) is 0 Å². The van der Waals surface area contributed by atoms with Crippen LogP contribution in [0.15, 0.2) is 18.2 Å². The van der Waals surface area contributed by atoms with Gasteiger partial charge in [0.1, 0.15) is 0 Å². The Hall–Kier alpha value is -1.22. The van der Waals surface area contributed by atoms with Crippen LogP contribution in [-0.4, -0.2) is 17.8 Å². The molecule has 0 spiro atoms. The highest BCUT2D eigenvalue weighted by atomic mass is 16.3. The van der Waals surface area contributed by atoms with Gasteiger partial charge in [0.05, 0.1) is 0 Å². The van der Waals surface area contributed by atoms with Gasteiger partial charge in [0, 0.05) is 24.0 Å². The fraction of sp³-hybridized carbons (Fsp3) is 0.500. The minimum atomic E-state index is 0.222. The second kappa shape index (κ2) is 5.61. The number of hydrogen-bond donors (Lipinski definition) is 3. The molecule has 1 rings (SSSR count). The summed E-state index contributed by atoms with van der Waals surface area (Å²) in [4.78, 5) is 0. The summed E-state index contributed by atoms with van der Waals surface area (Å²) in [6, 6.07) is 6.16. The van der Waals surface area contributed by atoms with E-state index < -0.39 is 0 Å². The Balaban J connectivity index is 2.70. The first-order valence-corrected chi connectivity index (χ1v) is 5.41. The molecule has 1 unspecified atom stereocenters. The maximum absolute atomic E-state index is 8.90.